The lowest BCUT2D eigenvalue weighted by Gasteiger charge is -2.30. The van der Waals surface area contributed by atoms with Gasteiger partial charge >= 0.3 is 0 Å². The number of morpholine rings is 1. The van der Waals surface area contributed by atoms with E-state index in [-0.39, 0.29) is 17.7 Å². The summed E-state index contributed by atoms with van der Waals surface area (Å²) in [5, 5.41) is 8.23. The molecular weight excluding hydrogens is 298 g/mol. The predicted molar refractivity (Wildman–Crippen MR) is 82.9 cm³/mol. The van der Waals surface area contributed by atoms with Crippen molar-refractivity contribution in [3.8, 4) is 0 Å². The van der Waals surface area contributed by atoms with Crippen molar-refractivity contribution in [3.05, 3.63) is 17.8 Å². The van der Waals surface area contributed by atoms with Crippen molar-refractivity contribution in [2.24, 2.45) is 11.7 Å². The number of amides is 2. The Labute approximate surface area is 134 Å². The van der Waals surface area contributed by atoms with E-state index >= 15 is 0 Å². The maximum Gasteiger partial charge on any atom is 0.274 e. The number of nitrogens with zero attached hydrogens (tertiary/aromatic N) is 4. The van der Waals surface area contributed by atoms with Crippen LogP contribution in [0.2, 0.25) is 0 Å². The SMILES string of the molecule is NC(=O)C1CCN(C(=O)c2ccc(N3CCOCC3)nn2)CC1. The van der Waals surface area contributed by atoms with Crippen LogP contribution in [0.5, 0.6) is 0 Å². The van der Waals surface area contributed by atoms with Crippen LogP contribution in [-0.2, 0) is 9.53 Å². The largest absolute Gasteiger partial charge is 0.378 e. The minimum Gasteiger partial charge on any atom is -0.378 e. The third-order valence-corrected chi connectivity index (χ3v) is 4.39. The van der Waals surface area contributed by atoms with Crippen LogP contribution in [-0.4, -0.2) is 66.3 Å². The van der Waals surface area contributed by atoms with Gasteiger partial charge in [-0.2, -0.15) is 0 Å². The van der Waals surface area contributed by atoms with E-state index in [9.17, 15) is 9.59 Å². The maximum atomic E-state index is 12.4. The number of hydrogen-bond acceptors (Lipinski definition) is 6. The molecule has 1 aromatic rings. The molecule has 0 bridgehead atoms. The van der Waals surface area contributed by atoms with Crippen LogP contribution in [0.4, 0.5) is 5.82 Å². The highest BCUT2D eigenvalue weighted by Gasteiger charge is 2.27. The second-order valence-corrected chi connectivity index (χ2v) is 5.85. The summed E-state index contributed by atoms with van der Waals surface area (Å²) < 4.78 is 5.30. The quantitative estimate of drug-likeness (QED) is 0.817. The van der Waals surface area contributed by atoms with Crippen molar-refractivity contribution in [1.82, 2.24) is 15.1 Å². The lowest BCUT2D eigenvalue weighted by Crippen LogP contribution is -2.42. The van der Waals surface area contributed by atoms with Crippen molar-refractivity contribution in [2.75, 3.05) is 44.3 Å². The van der Waals surface area contributed by atoms with Gasteiger partial charge in [0.05, 0.1) is 13.2 Å². The first-order valence-corrected chi connectivity index (χ1v) is 7.90. The van der Waals surface area contributed by atoms with Crippen LogP contribution < -0.4 is 10.6 Å². The second kappa shape index (κ2) is 6.91. The van der Waals surface area contributed by atoms with E-state index in [1.54, 1.807) is 11.0 Å². The Hall–Kier alpha value is -2.22. The number of anilines is 1. The van der Waals surface area contributed by atoms with E-state index in [0.717, 1.165) is 18.9 Å². The molecule has 3 rings (SSSR count). The van der Waals surface area contributed by atoms with E-state index in [1.807, 2.05) is 6.07 Å². The minimum absolute atomic E-state index is 0.131. The van der Waals surface area contributed by atoms with Gasteiger partial charge in [0.25, 0.3) is 5.91 Å². The number of carbonyl (C=O) groups is 2. The molecule has 1 aromatic heterocycles. The van der Waals surface area contributed by atoms with E-state index in [4.69, 9.17) is 10.5 Å². The lowest BCUT2D eigenvalue weighted by molar-refractivity contribution is -0.123. The van der Waals surface area contributed by atoms with Gasteiger partial charge in [-0.15, -0.1) is 10.2 Å². The summed E-state index contributed by atoms with van der Waals surface area (Å²) in [6, 6.07) is 3.53. The smallest absolute Gasteiger partial charge is 0.274 e. The van der Waals surface area contributed by atoms with Crippen molar-refractivity contribution < 1.29 is 14.3 Å². The summed E-state index contributed by atoms with van der Waals surface area (Å²) in [4.78, 5) is 27.4. The predicted octanol–water partition coefficient (Wildman–Crippen LogP) is -0.349. The van der Waals surface area contributed by atoms with Gasteiger partial charge in [0.15, 0.2) is 11.5 Å². The standard InChI is InChI=1S/C15H21N5O3/c16-14(21)11-3-5-20(6-4-11)15(22)12-1-2-13(18-17-12)19-7-9-23-10-8-19/h1-2,11H,3-10H2,(H2,16,21). The molecular formula is C15H21N5O3. The minimum atomic E-state index is -0.285. The fourth-order valence-corrected chi connectivity index (χ4v) is 2.93. The number of rotatable bonds is 3. The fourth-order valence-electron chi connectivity index (χ4n) is 2.93. The van der Waals surface area contributed by atoms with Gasteiger partial charge in [-0.1, -0.05) is 0 Å². The lowest BCUT2D eigenvalue weighted by atomic mass is 9.96. The molecule has 2 aliphatic heterocycles. The Morgan fingerprint density at radius 3 is 2.35 bits per heavy atom. The topological polar surface area (TPSA) is 102 Å². The third-order valence-electron chi connectivity index (χ3n) is 4.39. The zero-order chi connectivity index (χ0) is 16.2. The van der Waals surface area contributed by atoms with Gasteiger partial charge < -0.3 is 20.3 Å². The fraction of sp³-hybridized carbons (Fsp3) is 0.600. The van der Waals surface area contributed by atoms with E-state index in [0.29, 0.717) is 44.8 Å². The molecule has 0 unspecified atom stereocenters. The van der Waals surface area contributed by atoms with E-state index in [2.05, 4.69) is 15.1 Å². The van der Waals surface area contributed by atoms with Gasteiger partial charge in [-0.3, -0.25) is 9.59 Å². The molecule has 23 heavy (non-hydrogen) atoms. The van der Waals surface area contributed by atoms with Gasteiger partial charge in [0.2, 0.25) is 5.91 Å². The number of piperidine rings is 1. The molecule has 0 atom stereocenters. The molecule has 2 amide bonds. The summed E-state index contributed by atoms with van der Waals surface area (Å²) in [6.45, 7) is 3.97. The van der Waals surface area contributed by atoms with Crippen molar-refractivity contribution in [1.29, 1.82) is 0 Å². The summed E-state index contributed by atoms with van der Waals surface area (Å²) in [5.74, 6) is 0.201. The Morgan fingerprint density at radius 2 is 1.78 bits per heavy atom. The number of likely N-dealkylation sites (tertiary alicyclic amines) is 1. The molecule has 2 fully saturated rings. The number of hydrogen-bond donors (Lipinski definition) is 1. The van der Waals surface area contributed by atoms with Gasteiger partial charge in [0, 0.05) is 32.1 Å². The molecule has 2 N–H and O–H groups in total. The number of aromatic nitrogens is 2. The van der Waals surface area contributed by atoms with Gasteiger partial charge in [-0.25, -0.2) is 0 Å². The third kappa shape index (κ3) is 3.58. The normalized spacial score (nSPS) is 19.7. The molecule has 0 aromatic carbocycles. The molecule has 2 saturated heterocycles. The molecule has 0 saturated carbocycles. The molecule has 3 heterocycles. The van der Waals surface area contributed by atoms with E-state index < -0.39 is 0 Å². The van der Waals surface area contributed by atoms with Crippen LogP contribution in [0.3, 0.4) is 0 Å². The zero-order valence-corrected chi connectivity index (χ0v) is 13.0. The molecule has 2 aliphatic rings. The van der Waals surface area contributed by atoms with Crippen LogP contribution >= 0.6 is 0 Å². The van der Waals surface area contributed by atoms with Crippen LogP contribution in [0.25, 0.3) is 0 Å². The van der Waals surface area contributed by atoms with Gasteiger partial charge in [-0.05, 0) is 25.0 Å². The summed E-state index contributed by atoms with van der Waals surface area (Å²) in [7, 11) is 0. The first-order valence-electron chi connectivity index (χ1n) is 7.90. The molecule has 0 aliphatic carbocycles. The van der Waals surface area contributed by atoms with Crippen LogP contribution in [0.1, 0.15) is 23.3 Å². The highest BCUT2D eigenvalue weighted by atomic mass is 16.5. The first-order chi connectivity index (χ1) is 11.1. The summed E-state index contributed by atoms with van der Waals surface area (Å²) >= 11 is 0. The second-order valence-electron chi connectivity index (χ2n) is 5.85. The summed E-state index contributed by atoms with van der Waals surface area (Å²) in [5.41, 5.74) is 5.64. The average molecular weight is 319 g/mol. The average Bonchev–Trinajstić information content (AvgIpc) is 2.62. The molecule has 0 radical (unpaired) electrons. The van der Waals surface area contributed by atoms with Crippen LogP contribution in [0, 0.1) is 5.92 Å². The number of carbonyl (C=O) groups excluding carboxylic acids is 2. The maximum absolute atomic E-state index is 12.4. The Bertz CT molecular complexity index is 563. The highest BCUT2D eigenvalue weighted by Crippen LogP contribution is 2.19. The Morgan fingerprint density at radius 1 is 1.09 bits per heavy atom. The first kappa shape index (κ1) is 15.7. The Kier molecular flexibility index (Phi) is 4.71. The van der Waals surface area contributed by atoms with Crippen molar-refractivity contribution >= 4 is 17.6 Å². The van der Waals surface area contributed by atoms with Crippen molar-refractivity contribution in [3.63, 3.8) is 0 Å². The molecule has 8 heteroatoms. The number of primary amides is 1. The molecule has 0 spiro atoms. The monoisotopic (exact) mass is 319 g/mol. The zero-order valence-electron chi connectivity index (χ0n) is 13.0. The number of ether oxygens (including phenoxy) is 1. The highest BCUT2D eigenvalue weighted by molar-refractivity contribution is 5.92. The number of nitrogens with two attached hydrogens (primary N) is 1. The summed E-state index contributed by atoms with van der Waals surface area (Å²) in [6.07, 6.45) is 1.22. The Balaban J connectivity index is 1.60. The van der Waals surface area contributed by atoms with Crippen molar-refractivity contribution in [2.45, 2.75) is 12.8 Å². The molecule has 124 valence electrons. The van der Waals surface area contributed by atoms with E-state index in [1.165, 1.54) is 0 Å². The van der Waals surface area contributed by atoms with Gasteiger partial charge in [0.1, 0.15) is 0 Å². The van der Waals surface area contributed by atoms with Crippen LogP contribution in [0.15, 0.2) is 12.1 Å². The molecule has 8 nitrogen and oxygen atoms in total.